The lowest BCUT2D eigenvalue weighted by molar-refractivity contribution is 0.410. The van der Waals surface area contributed by atoms with Gasteiger partial charge >= 0.3 is 0 Å². The van der Waals surface area contributed by atoms with Crippen LogP contribution in [-0.2, 0) is 0 Å². The van der Waals surface area contributed by atoms with Crippen molar-refractivity contribution in [3.63, 3.8) is 0 Å². The molecular formula is C15H20ClNO. The topological polar surface area (TPSA) is 21.3 Å². The molecular weight excluding hydrogens is 246 g/mol. The smallest absolute Gasteiger partial charge is 0.143 e. The van der Waals surface area contributed by atoms with E-state index in [0.717, 1.165) is 33.9 Å². The van der Waals surface area contributed by atoms with Crippen molar-refractivity contribution in [2.45, 2.75) is 38.6 Å². The fourth-order valence-corrected chi connectivity index (χ4v) is 3.72. The predicted molar refractivity (Wildman–Crippen MR) is 75.6 cm³/mol. The highest BCUT2D eigenvalue weighted by atomic mass is 35.5. The summed E-state index contributed by atoms with van der Waals surface area (Å²) in [4.78, 5) is 0. The maximum absolute atomic E-state index is 6.14. The minimum absolute atomic E-state index is 0.623. The second-order valence-corrected chi connectivity index (χ2v) is 6.13. The Morgan fingerprint density at radius 3 is 2.72 bits per heavy atom. The quantitative estimate of drug-likeness (QED) is 0.882. The van der Waals surface area contributed by atoms with E-state index in [9.17, 15) is 0 Å². The molecule has 0 aliphatic heterocycles. The Bertz CT molecular complexity index is 460. The number of methoxy groups -OCH3 is 1. The van der Waals surface area contributed by atoms with Crippen LogP contribution in [0.4, 0.5) is 5.69 Å². The van der Waals surface area contributed by atoms with Gasteiger partial charge in [-0.1, -0.05) is 18.0 Å². The summed E-state index contributed by atoms with van der Waals surface area (Å²) in [5, 5.41) is 4.45. The molecule has 0 aromatic heterocycles. The first-order valence-corrected chi connectivity index (χ1v) is 7.16. The molecule has 3 atom stereocenters. The summed E-state index contributed by atoms with van der Waals surface area (Å²) in [6.07, 6.45) is 5.54. The van der Waals surface area contributed by atoms with E-state index in [4.69, 9.17) is 16.3 Å². The number of benzene rings is 1. The highest BCUT2D eigenvalue weighted by Crippen LogP contribution is 2.46. The molecule has 0 heterocycles. The van der Waals surface area contributed by atoms with Crippen molar-refractivity contribution in [2.24, 2.45) is 11.8 Å². The predicted octanol–water partition coefficient (Wildman–Crippen LogP) is 4.26. The normalized spacial score (nSPS) is 29.6. The Balaban J connectivity index is 1.81. The number of hydrogen-bond donors (Lipinski definition) is 1. The van der Waals surface area contributed by atoms with E-state index >= 15 is 0 Å². The van der Waals surface area contributed by atoms with Crippen LogP contribution in [0.1, 0.15) is 31.2 Å². The first kappa shape index (κ1) is 12.2. The molecule has 0 amide bonds. The van der Waals surface area contributed by atoms with Crippen molar-refractivity contribution in [3.05, 3.63) is 22.7 Å². The fourth-order valence-electron chi connectivity index (χ4n) is 3.57. The molecule has 2 nitrogen and oxygen atoms in total. The van der Waals surface area contributed by atoms with E-state index in [1.165, 1.54) is 25.7 Å². The van der Waals surface area contributed by atoms with E-state index in [-0.39, 0.29) is 0 Å². The molecule has 1 aromatic rings. The highest BCUT2D eigenvalue weighted by Gasteiger charge is 2.39. The van der Waals surface area contributed by atoms with Gasteiger partial charge in [0, 0.05) is 17.1 Å². The van der Waals surface area contributed by atoms with E-state index in [2.05, 4.69) is 11.4 Å². The first-order chi connectivity index (χ1) is 8.67. The van der Waals surface area contributed by atoms with Gasteiger partial charge < -0.3 is 10.1 Å². The summed E-state index contributed by atoms with van der Waals surface area (Å²) >= 11 is 6.14. The molecule has 2 aliphatic rings. The van der Waals surface area contributed by atoms with E-state index in [1.54, 1.807) is 7.11 Å². The highest BCUT2D eigenvalue weighted by molar-refractivity contribution is 6.31. The Morgan fingerprint density at radius 2 is 2.11 bits per heavy atom. The molecule has 3 rings (SSSR count). The van der Waals surface area contributed by atoms with Gasteiger partial charge in [-0.05, 0) is 49.7 Å². The maximum atomic E-state index is 6.14. The lowest BCUT2D eigenvalue weighted by Crippen LogP contribution is -2.26. The zero-order valence-corrected chi connectivity index (χ0v) is 11.8. The monoisotopic (exact) mass is 265 g/mol. The minimum Gasteiger partial charge on any atom is -0.495 e. The fraction of sp³-hybridized carbons (Fsp3) is 0.600. The Morgan fingerprint density at radius 1 is 1.28 bits per heavy atom. The van der Waals surface area contributed by atoms with Crippen molar-refractivity contribution in [1.29, 1.82) is 0 Å². The minimum atomic E-state index is 0.623. The molecule has 0 spiro atoms. The molecule has 0 saturated heterocycles. The second-order valence-electron chi connectivity index (χ2n) is 5.73. The van der Waals surface area contributed by atoms with Gasteiger partial charge in [-0.3, -0.25) is 0 Å². The molecule has 18 heavy (non-hydrogen) atoms. The van der Waals surface area contributed by atoms with Crippen molar-refractivity contribution in [3.8, 4) is 5.75 Å². The number of rotatable bonds is 3. The van der Waals surface area contributed by atoms with Crippen molar-refractivity contribution in [2.75, 3.05) is 12.4 Å². The molecule has 2 fully saturated rings. The van der Waals surface area contributed by atoms with Gasteiger partial charge in [0.1, 0.15) is 5.75 Å². The maximum Gasteiger partial charge on any atom is 0.143 e. The van der Waals surface area contributed by atoms with Gasteiger partial charge in [-0.15, -0.1) is 0 Å². The van der Waals surface area contributed by atoms with E-state index in [1.807, 2.05) is 13.0 Å². The zero-order chi connectivity index (χ0) is 12.7. The van der Waals surface area contributed by atoms with E-state index < -0.39 is 0 Å². The van der Waals surface area contributed by atoms with Crippen LogP contribution in [0.5, 0.6) is 5.75 Å². The molecule has 1 aromatic carbocycles. The van der Waals surface area contributed by atoms with Crippen LogP contribution in [0, 0.1) is 18.8 Å². The third kappa shape index (κ3) is 2.07. The number of hydrogen-bond acceptors (Lipinski definition) is 2. The summed E-state index contributed by atoms with van der Waals surface area (Å²) in [5.74, 6) is 2.66. The van der Waals surface area contributed by atoms with Crippen LogP contribution in [0.15, 0.2) is 12.1 Å². The second kappa shape index (κ2) is 4.65. The average Bonchev–Trinajstić information content (AvgIpc) is 2.95. The van der Waals surface area contributed by atoms with Crippen LogP contribution in [0.2, 0.25) is 5.02 Å². The van der Waals surface area contributed by atoms with E-state index in [0.29, 0.717) is 6.04 Å². The summed E-state index contributed by atoms with van der Waals surface area (Å²) in [7, 11) is 1.70. The third-order valence-electron chi connectivity index (χ3n) is 4.56. The van der Waals surface area contributed by atoms with Gasteiger partial charge in [0.2, 0.25) is 0 Å². The van der Waals surface area contributed by atoms with Crippen molar-refractivity contribution < 1.29 is 4.74 Å². The van der Waals surface area contributed by atoms with Crippen molar-refractivity contribution >= 4 is 17.3 Å². The van der Waals surface area contributed by atoms with Gasteiger partial charge in [0.25, 0.3) is 0 Å². The number of fused-ring (bicyclic) bond motifs is 2. The van der Waals surface area contributed by atoms with Crippen LogP contribution < -0.4 is 10.1 Å². The molecule has 2 saturated carbocycles. The number of anilines is 1. The molecule has 3 unspecified atom stereocenters. The molecule has 2 aliphatic carbocycles. The Hall–Kier alpha value is -0.890. The standard InChI is InChI=1S/C15H20ClNO/c1-9-5-14(15(18-2)8-12(9)16)17-13-7-10-3-4-11(13)6-10/h5,8,10-11,13,17H,3-4,6-7H2,1-2H3. The molecule has 2 bridgehead atoms. The summed E-state index contributed by atoms with van der Waals surface area (Å²) in [6, 6.07) is 4.64. The van der Waals surface area contributed by atoms with Gasteiger partial charge in [-0.2, -0.15) is 0 Å². The van der Waals surface area contributed by atoms with Crippen molar-refractivity contribution in [1.82, 2.24) is 0 Å². The molecule has 1 N–H and O–H groups in total. The molecule has 0 radical (unpaired) electrons. The Labute approximate surface area is 114 Å². The van der Waals surface area contributed by atoms with Crippen LogP contribution in [0.3, 0.4) is 0 Å². The number of halogens is 1. The average molecular weight is 266 g/mol. The Kier molecular flexibility index (Phi) is 3.14. The van der Waals surface area contributed by atoms with Gasteiger partial charge in [-0.25, -0.2) is 0 Å². The number of aryl methyl sites for hydroxylation is 1. The molecule has 98 valence electrons. The summed E-state index contributed by atoms with van der Waals surface area (Å²) in [5.41, 5.74) is 2.19. The third-order valence-corrected chi connectivity index (χ3v) is 4.97. The lowest BCUT2D eigenvalue weighted by atomic mass is 9.95. The molecule has 3 heteroatoms. The summed E-state index contributed by atoms with van der Waals surface area (Å²) < 4.78 is 5.42. The summed E-state index contributed by atoms with van der Waals surface area (Å²) in [6.45, 7) is 2.04. The van der Waals surface area contributed by atoms with Crippen LogP contribution >= 0.6 is 11.6 Å². The largest absolute Gasteiger partial charge is 0.495 e. The van der Waals surface area contributed by atoms with Crippen LogP contribution in [-0.4, -0.2) is 13.2 Å². The SMILES string of the molecule is COc1cc(Cl)c(C)cc1NC1CC2CCC1C2. The van der Waals surface area contributed by atoms with Gasteiger partial charge in [0.15, 0.2) is 0 Å². The number of nitrogens with one attached hydrogen (secondary N) is 1. The van der Waals surface area contributed by atoms with Crippen LogP contribution in [0.25, 0.3) is 0 Å². The first-order valence-electron chi connectivity index (χ1n) is 6.78. The number of ether oxygens (including phenoxy) is 1. The lowest BCUT2D eigenvalue weighted by Gasteiger charge is -2.25. The van der Waals surface area contributed by atoms with Gasteiger partial charge in [0.05, 0.1) is 12.8 Å². The zero-order valence-electron chi connectivity index (χ0n) is 11.0.